The molecule has 0 aromatic heterocycles. The van der Waals surface area contributed by atoms with Crippen molar-refractivity contribution in [3.8, 4) is 0 Å². The minimum absolute atomic E-state index is 0.123. The maximum atomic E-state index is 13.4. The molecule has 1 aliphatic rings. The van der Waals surface area contributed by atoms with Crippen LogP contribution in [0.15, 0.2) is 34.1 Å². The maximum Gasteiger partial charge on any atom is 0.243 e. The Balaban J connectivity index is 1.91. The molecule has 8 heteroatoms. The Morgan fingerprint density at radius 3 is 1.58 bits per heavy atom. The highest BCUT2D eigenvalue weighted by atomic mass is 32.2. The zero-order chi connectivity index (χ0) is 23.3. The highest BCUT2D eigenvalue weighted by molar-refractivity contribution is 7.89. The van der Waals surface area contributed by atoms with Gasteiger partial charge in [0.25, 0.3) is 0 Å². The van der Waals surface area contributed by atoms with Gasteiger partial charge in [-0.2, -0.15) is 8.61 Å². The van der Waals surface area contributed by atoms with Crippen molar-refractivity contribution in [2.24, 2.45) is 0 Å². The van der Waals surface area contributed by atoms with Gasteiger partial charge in [-0.3, -0.25) is 0 Å². The summed E-state index contributed by atoms with van der Waals surface area (Å²) < 4.78 is 56.3. The van der Waals surface area contributed by atoms with Crippen LogP contribution >= 0.6 is 0 Å². The predicted molar refractivity (Wildman–Crippen MR) is 123 cm³/mol. The Bertz CT molecular complexity index is 1230. The zero-order valence-corrected chi connectivity index (χ0v) is 21.0. The van der Waals surface area contributed by atoms with Crippen molar-refractivity contribution >= 4 is 20.0 Å². The van der Waals surface area contributed by atoms with Gasteiger partial charge in [0, 0.05) is 25.7 Å². The Hall–Kier alpha value is -1.74. The summed E-state index contributed by atoms with van der Waals surface area (Å²) in [4.78, 5) is 0.591. The molecule has 0 spiro atoms. The topological polar surface area (TPSA) is 74.8 Å². The lowest BCUT2D eigenvalue weighted by molar-refractivity contribution is 0.212. The van der Waals surface area contributed by atoms with E-state index in [1.807, 2.05) is 53.7 Å². The standard InChI is InChI=1S/C23H32N2O4S2/c1-15-8-10-22(20(6)18(15)4)30(26,27)24-12-13-25(17(3)14-24)31(28,29)23-11-9-16(2)19(5)21(23)7/h8-11,17H,12-14H2,1-7H3/t17-/m0/s1. The lowest BCUT2D eigenvalue weighted by atomic mass is 10.1. The third-order valence-corrected chi connectivity index (χ3v) is 10.9. The smallest absolute Gasteiger partial charge is 0.207 e. The molecule has 0 amide bonds. The zero-order valence-electron chi connectivity index (χ0n) is 19.4. The van der Waals surface area contributed by atoms with Gasteiger partial charge in [0.1, 0.15) is 0 Å². The fourth-order valence-electron chi connectivity index (χ4n) is 4.17. The second kappa shape index (κ2) is 8.31. The maximum absolute atomic E-state index is 13.4. The van der Waals surface area contributed by atoms with Gasteiger partial charge >= 0.3 is 0 Å². The van der Waals surface area contributed by atoms with Crippen LogP contribution in [0.4, 0.5) is 0 Å². The van der Waals surface area contributed by atoms with Crippen LogP contribution in [-0.2, 0) is 20.0 Å². The molecule has 1 fully saturated rings. The van der Waals surface area contributed by atoms with Gasteiger partial charge in [-0.25, -0.2) is 16.8 Å². The molecule has 0 saturated carbocycles. The van der Waals surface area contributed by atoms with Gasteiger partial charge in [-0.1, -0.05) is 12.1 Å². The number of rotatable bonds is 4. The molecule has 1 saturated heterocycles. The second-order valence-electron chi connectivity index (χ2n) is 8.59. The highest BCUT2D eigenvalue weighted by Gasteiger charge is 2.39. The normalized spacial score (nSPS) is 19.0. The summed E-state index contributed by atoms with van der Waals surface area (Å²) in [6, 6.07) is 6.48. The van der Waals surface area contributed by atoms with Crippen LogP contribution in [0.2, 0.25) is 0 Å². The minimum Gasteiger partial charge on any atom is -0.207 e. The van der Waals surface area contributed by atoms with E-state index in [4.69, 9.17) is 0 Å². The molecule has 0 N–H and O–H groups in total. The third kappa shape index (κ3) is 4.06. The fraction of sp³-hybridized carbons (Fsp3) is 0.478. The quantitative estimate of drug-likeness (QED) is 0.693. The van der Waals surface area contributed by atoms with Gasteiger partial charge in [0.2, 0.25) is 20.0 Å². The van der Waals surface area contributed by atoms with Crippen LogP contribution in [0.5, 0.6) is 0 Å². The number of hydrogen-bond donors (Lipinski definition) is 0. The van der Waals surface area contributed by atoms with Gasteiger partial charge in [0.15, 0.2) is 0 Å². The molecule has 0 radical (unpaired) electrons. The largest absolute Gasteiger partial charge is 0.243 e. The summed E-state index contributed by atoms with van der Waals surface area (Å²) in [6.07, 6.45) is 0. The van der Waals surface area contributed by atoms with Crippen LogP contribution in [0.3, 0.4) is 0 Å². The molecule has 31 heavy (non-hydrogen) atoms. The first kappa shape index (κ1) is 23.9. The van der Waals surface area contributed by atoms with E-state index in [1.54, 1.807) is 19.1 Å². The van der Waals surface area contributed by atoms with Gasteiger partial charge < -0.3 is 0 Å². The molecular formula is C23H32N2O4S2. The average molecular weight is 465 g/mol. The molecular weight excluding hydrogens is 432 g/mol. The van der Waals surface area contributed by atoms with Gasteiger partial charge in [-0.05, 0) is 94.0 Å². The lowest BCUT2D eigenvalue weighted by Gasteiger charge is -2.38. The Labute approximate surface area is 187 Å². The van der Waals surface area contributed by atoms with E-state index in [1.165, 1.54) is 8.61 Å². The average Bonchev–Trinajstić information content (AvgIpc) is 2.69. The van der Waals surface area contributed by atoms with Gasteiger partial charge in [-0.15, -0.1) is 0 Å². The van der Waals surface area contributed by atoms with Crippen molar-refractivity contribution < 1.29 is 16.8 Å². The minimum atomic E-state index is -3.72. The molecule has 1 heterocycles. The summed E-state index contributed by atoms with van der Waals surface area (Å²) >= 11 is 0. The first-order chi connectivity index (χ1) is 14.3. The summed E-state index contributed by atoms with van der Waals surface area (Å²) in [7, 11) is -7.43. The lowest BCUT2D eigenvalue weighted by Crippen LogP contribution is -2.55. The Kier molecular flexibility index (Phi) is 6.41. The number of aryl methyl sites for hydroxylation is 2. The summed E-state index contributed by atoms with van der Waals surface area (Å²) in [5.74, 6) is 0. The van der Waals surface area contributed by atoms with Crippen molar-refractivity contribution in [1.29, 1.82) is 0 Å². The molecule has 2 aromatic carbocycles. The van der Waals surface area contributed by atoms with Crippen LogP contribution in [0, 0.1) is 41.5 Å². The van der Waals surface area contributed by atoms with E-state index >= 15 is 0 Å². The van der Waals surface area contributed by atoms with Crippen LogP contribution in [0.25, 0.3) is 0 Å². The second-order valence-corrected chi connectivity index (χ2v) is 12.4. The SMILES string of the molecule is Cc1ccc(S(=O)(=O)N2CCN(S(=O)(=O)c3ccc(C)c(C)c3C)[C@@H](C)C2)c(C)c1C. The molecule has 0 unspecified atom stereocenters. The number of benzene rings is 2. The van der Waals surface area contributed by atoms with E-state index in [9.17, 15) is 16.8 Å². The third-order valence-electron chi connectivity index (χ3n) is 6.75. The molecule has 2 aromatic rings. The summed E-state index contributed by atoms with van der Waals surface area (Å²) in [5, 5.41) is 0. The molecule has 6 nitrogen and oxygen atoms in total. The monoisotopic (exact) mass is 464 g/mol. The van der Waals surface area contributed by atoms with Crippen molar-refractivity contribution in [3.05, 3.63) is 57.6 Å². The number of sulfonamides is 2. The van der Waals surface area contributed by atoms with E-state index in [-0.39, 0.29) is 19.6 Å². The van der Waals surface area contributed by atoms with Crippen LogP contribution < -0.4 is 0 Å². The van der Waals surface area contributed by atoms with E-state index in [0.29, 0.717) is 9.79 Å². The first-order valence-corrected chi connectivity index (χ1v) is 13.3. The van der Waals surface area contributed by atoms with Crippen LogP contribution in [-0.4, -0.2) is 51.1 Å². The van der Waals surface area contributed by atoms with Crippen LogP contribution in [0.1, 0.15) is 40.3 Å². The predicted octanol–water partition coefficient (Wildman–Crippen LogP) is 3.62. The Morgan fingerprint density at radius 2 is 1.13 bits per heavy atom. The molecule has 0 bridgehead atoms. The van der Waals surface area contributed by atoms with Crippen molar-refractivity contribution in [3.63, 3.8) is 0 Å². The fourth-order valence-corrected chi connectivity index (χ4v) is 7.86. The molecule has 3 rings (SSSR count). The van der Waals surface area contributed by atoms with Crippen molar-refractivity contribution in [2.45, 2.75) is 64.3 Å². The highest BCUT2D eigenvalue weighted by Crippen LogP contribution is 2.30. The molecule has 0 aliphatic carbocycles. The van der Waals surface area contributed by atoms with Gasteiger partial charge in [0.05, 0.1) is 9.79 Å². The summed E-state index contributed by atoms with van der Waals surface area (Å²) in [6.45, 7) is 13.5. The number of piperazine rings is 1. The number of hydrogen-bond acceptors (Lipinski definition) is 4. The molecule has 170 valence electrons. The Morgan fingerprint density at radius 1 is 0.677 bits per heavy atom. The van der Waals surface area contributed by atoms with Crippen molar-refractivity contribution in [1.82, 2.24) is 8.61 Å². The molecule has 1 atom stereocenters. The summed E-state index contributed by atoms with van der Waals surface area (Å²) in [5.41, 5.74) is 5.50. The van der Waals surface area contributed by atoms with E-state index in [2.05, 4.69) is 0 Å². The first-order valence-electron chi connectivity index (χ1n) is 10.5. The molecule has 1 aliphatic heterocycles. The number of nitrogens with zero attached hydrogens (tertiary/aromatic N) is 2. The van der Waals surface area contributed by atoms with E-state index < -0.39 is 26.1 Å². The van der Waals surface area contributed by atoms with E-state index in [0.717, 1.165) is 33.4 Å². The van der Waals surface area contributed by atoms with Crippen molar-refractivity contribution in [2.75, 3.05) is 19.6 Å².